The number of unbranched alkanes of at least 4 members (excludes halogenated alkanes) is 2. The van der Waals surface area contributed by atoms with Crippen molar-refractivity contribution in [3.8, 4) is 5.75 Å². The number of carbonyl (C=O) groups excluding carboxylic acids is 17. The second kappa shape index (κ2) is 50.3. The zero-order valence-electron chi connectivity index (χ0n) is 76.9. The number of aliphatic hydroxyl groups excluding tert-OH is 1. The van der Waals surface area contributed by atoms with Crippen LogP contribution in [0.2, 0.25) is 0 Å². The van der Waals surface area contributed by atoms with Gasteiger partial charge in [-0.15, -0.1) is 23.1 Å². The fourth-order valence-corrected chi connectivity index (χ4v) is 18.5. The molecular weight excluding hydrogens is 1790 g/mol. The number of carboxylic acid groups (broad SMARTS) is 1. The molecule has 6 heterocycles. The lowest BCUT2D eigenvalue weighted by Crippen LogP contribution is -2.61. The highest BCUT2D eigenvalue weighted by molar-refractivity contribution is 8.00. The summed E-state index contributed by atoms with van der Waals surface area (Å²) in [4.78, 5) is 278. The average Bonchev–Trinajstić information content (AvgIpc) is 1.56. The standard InChI is InChI=1S/C91H125N21O21S2/c1-9-11-21-69-84(126)102-62(34-49(3)4)81(123)107-68(79(121)97-43-75(94)116)46-134-47-76(117)99-65(35-51-25-27-55(113)28-26-51)87(129)108(6)50(5)78(120)105-67(40-74(93)115)90(132)111-33-17-23-70(111)85(127)104-64(38-54-42-95-48-98-54)83(125)101-61(29-30-77(118)119)89(131)112-44-56(114)39-72(112)86(128)103-63(37-53-45-135-73-24-16-14-19-58(53)73)82(124)100-60(31-32-92)80(122)106-66(36-52-41-96-59-20-15-13-18-57(52)59)88(130)110(8)71(22-12-10-2)91(133)109(69)7/h13-16,18-20,24-28,41-42,45,48-50,56,60-72,96,113-114H,9-12,17,21-23,29-40,43-44,46-47,92H2,1-8H3,(H2,93,115)(H2,94,116)(H,95,98)(H,97,121)(H,99,117)(H,100,124)(H,101,125)(H,102,126)(H,103,128)(H,104,127)(H,105,120)(H,106,122)(H,107,123)(H,118,119)/t50-,56+,60-,61-,62-,63-,64-,65-,66-,67-,68-,69-,70-,71-,72-/m0/s1. The zero-order chi connectivity index (χ0) is 98.6. The van der Waals surface area contributed by atoms with Gasteiger partial charge in [0.25, 0.3) is 0 Å². The number of rotatable bonds is 26. The fourth-order valence-electron chi connectivity index (χ4n) is 16.7. The molecule has 0 bridgehead atoms. The number of aliphatic hydroxyl groups is 1. The number of likely N-dealkylation sites (N-methyl/N-ethyl adjacent to an activating group) is 3. The van der Waals surface area contributed by atoms with Gasteiger partial charge in [-0.3, -0.25) is 86.3 Å². The first-order valence-electron chi connectivity index (χ1n) is 45.2. The molecule has 6 aromatic rings. The maximum Gasteiger partial charge on any atom is 0.303 e. The van der Waals surface area contributed by atoms with Crippen LogP contribution in [-0.4, -0.2) is 311 Å². The molecule has 3 aromatic carbocycles. The van der Waals surface area contributed by atoms with Crippen molar-refractivity contribution in [3.05, 3.63) is 119 Å². The molecule has 3 fully saturated rings. The number of aliphatic carboxylic acids is 1. The molecule has 3 aliphatic rings. The Kier molecular flexibility index (Phi) is 39.3. The summed E-state index contributed by atoms with van der Waals surface area (Å²) in [5, 5.41) is 61.5. The molecule has 42 nitrogen and oxygen atoms in total. The number of aromatic nitrogens is 3. The van der Waals surface area contributed by atoms with Crippen molar-refractivity contribution in [1.29, 1.82) is 0 Å². The van der Waals surface area contributed by atoms with Gasteiger partial charge >= 0.3 is 5.97 Å². The van der Waals surface area contributed by atoms with Crippen molar-refractivity contribution in [3.63, 3.8) is 0 Å². The Balaban J connectivity index is 1.11. The first kappa shape index (κ1) is 106. The van der Waals surface area contributed by atoms with E-state index >= 15 is 38.4 Å². The second-order valence-electron chi connectivity index (χ2n) is 34.7. The van der Waals surface area contributed by atoms with Crippen molar-refractivity contribution >= 4 is 150 Å². The monoisotopic (exact) mass is 1910 g/mol. The van der Waals surface area contributed by atoms with E-state index in [0.29, 0.717) is 58.7 Å². The first-order valence-corrected chi connectivity index (χ1v) is 47.2. The number of carbonyl (C=O) groups is 18. The molecule has 17 amide bonds. The average molecular weight is 1910 g/mol. The number of phenolic OH excluding ortho intramolecular Hbond substituents is 1. The van der Waals surface area contributed by atoms with Crippen LogP contribution in [0.1, 0.15) is 147 Å². The van der Waals surface area contributed by atoms with Gasteiger partial charge < -0.3 is 120 Å². The third kappa shape index (κ3) is 29.5. The summed E-state index contributed by atoms with van der Waals surface area (Å²) in [7, 11) is 3.97. The molecule has 0 unspecified atom stereocenters. The summed E-state index contributed by atoms with van der Waals surface area (Å²) < 4.78 is 0.790. The molecule has 44 heteroatoms. The van der Waals surface area contributed by atoms with Gasteiger partial charge in [0.15, 0.2) is 0 Å². The smallest absolute Gasteiger partial charge is 0.303 e. The minimum absolute atomic E-state index is 0.0250. The zero-order valence-corrected chi connectivity index (χ0v) is 78.5. The van der Waals surface area contributed by atoms with Gasteiger partial charge in [-0.2, -0.15) is 0 Å². The van der Waals surface area contributed by atoms with Gasteiger partial charge in [0.2, 0.25) is 100 Å². The predicted octanol–water partition coefficient (Wildman–Crippen LogP) is -1.24. The van der Waals surface area contributed by atoms with Crippen LogP contribution in [0, 0.1) is 5.92 Å². The Labute approximate surface area is 788 Å². The second-order valence-corrected chi connectivity index (χ2v) is 36.7. The number of nitrogens with one attached hydrogen (secondary N) is 12. The normalized spacial score (nSPS) is 24.8. The van der Waals surface area contributed by atoms with Crippen LogP contribution in [0.5, 0.6) is 5.75 Å². The number of nitrogens with two attached hydrogens (primary N) is 3. The molecule has 21 N–H and O–H groups in total. The number of amides is 17. The van der Waals surface area contributed by atoms with Gasteiger partial charge in [0, 0.05) is 112 Å². The lowest BCUT2D eigenvalue weighted by atomic mass is 9.99. The minimum atomic E-state index is -1.83. The summed E-state index contributed by atoms with van der Waals surface area (Å²) in [5.74, 6) is -18.9. The number of imidazole rings is 1. The quantitative estimate of drug-likeness (QED) is 0.0302. The Morgan fingerprint density at radius 1 is 0.570 bits per heavy atom. The van der Waals surface area contributed by atoms with E-state index < -0.39 is 254 Å². The number of H-pyrrole nitrogens is 2. The van der Waals surface area contributed by atoms with Gasteiger partial charge in [-0.05, 0) is 116 Å². The van der Waals surface area contributed by atoms with E-state index in [4.69, 9.17) is 17.2 Å². The van der Waals surface area contributed by atoms with Gasteiger partial charge in [0.1, 0.15) is 90.3 Å². The Hall–Kier alpha value is -13.1. The highest BCUT2D eigenvalue weighted by Gasteiger charge is 2.47. The van der Waals surface area contributed by atoms with Crippen molar-refractivity contribution in [2.45, 2.75) is 241 Å². The van der Waals surface area contributed by atoms with Crippen LogP contribution in [0.4, 0.5) is 0 Å². The van der Waals surface area contributed by atoms with Crippen LogP contribution in [0.3, 0.4) is 0 Å². The summed E-state index contributed by atoms with van der Waals surface area (Å²) in [6, 6.07) is -1.97. The molecule has 3 aliphatic heterocycles. The van der Waals surface area contributed by atoms with Crippen molar-refractivity contribution < 1.29 is 102 Å². The van der Waals surface area contributed by atoms with E-state index in [1.165, 1.54) is 86.0 Å². The number of thiophene rings is 1. The minimum Gasteiger partial charge on any atom is -0.508 e. The van der Waals surface area contributed by atoms with Crippen LogP contribution >= 0.6 is 23.1 Å². The van der Waals surface area contributed by atoms with E-state index in [-0.39, 0.29) is 88.2 Å². The lowest BCUT2D eigenvalue weighted by molar-refractivity contribution is -0.149. The molecule has 9 rings (SSSR count). The van der Waals surface area contributed by atoms with Crippen LogP contribution in [0.15, 0.2) is 96.9 Å². The van der Waals surface area contributed by atoms with E-state index in [1.807, 2.05) is 19.9 Å². The van der Waals surface area contributed by atoms with E-state index in [0.717, 1.165) is 31.2 Å². The summed E-state index contributed by atoms with van der Waals surface area (Å²) in [5.41, 5.74) is 19.8. The van der Waals surface area contributed by atoms with Crippen LogP contribution < -0.4 is 70.4 Å². The number of nitrogens with zero attached hydrogens (tertiary/aromatic N) is 6. The third-order valence-electron chi connectivity index (χ3n) is 24.1. The number of phenols is 1. The number of hydrogen-bond acceptors (Lipinski definition) is 24. The number of para-hydroxylation sites is 1. The first-order chi connectivity index (χ1) is 64.3. The molecule has 0 spiro atoms. The van der Waals surface area contributed by atoms with Gasteiger partial charge in [-0.25, -0.2) is 4.98 Å². The predicted molar refractivity (Wildman–Crippen MR) is 498 cm³/mol. The third-order valence-corrected chi connectivity index (χ3v) is 26.2. The van der Waals surface area contributed by atoms with E-state index in [1.54, 1.807) is 67.9 Å². The molecule has 0 aliphatic carbocycles. The Bertz CT molecular complexity index is 5230. The molecule has 0 radical (unpaired) electrons. The number of primary amides is 2. The van der Waals surface area contributed by atoms with E-state index in [2.05, 4.69) is 68.1 Å². The molecule has 3 saturated heterocycles. The number of hydrogen-bond donors (Lipinski definition) is 18. The number of aromatic amines is 2. The maximum absolute atomic E-state index is 15.8. The maximum atomic E-state index is 15.8. The summed E-state index contributed by atoms with van der Waals surface area (Å²) >= 11 is 2.11. The molecule has 732 valence electrons. The van der Waals surface area contributed by atoms with E-state index in [9.17, 15) is 63.3 Å². The largest absolute Gasteiger partial charge is 0.508 e. The van der Waals surface area contributed by atoms with Crippen molar-refractivity contribution in [1.82, 2.24) is 92.6 Å². The number of thioether (sulfide) groups is 1. The molecule has 0 saturated carbocycles. The molecule has 3 aromatic heterocycles. The van der Waals surface area contributed by atoms with Crippen molar-refractivity contribution in [2.75, 3.05) is 58.8 Å². The lowest BCUT2D eigenvalue weighted by Gasteiger charge is -2.36. The van der Waals surface area contributed by atoms with Crippen LogP contribution in [0.25, 0.3) is 21.0 Å². The summed E-state index contributed by atoms with van der Waals surface area (Å²) in [6.07, 6.45) is 0.460. The fraction of sp³-hybridized carbons (Fsp3) is 0.527. The highest BCUT2D eigenvalue weighted by Crippen LogP contribution is 2.30. The molecule has 15 atom stereocenters. The van der Waals surface area contributed by atoms with Crippen LogP contribution in [-0.2, 0) is 112 Å². The van der Waals surface area contributed by atoms with Gasteiger partial charge in [0.05, 0.1) is 31.1 Å². The Morgan fingerprint density at radius 3 is 1.80 bits per heavy atom. The SMILES string of the molecule is CCCC[C@H]1C(=O)N(C)[C@@H](CCCC)C(=O)N[C@@H](CC(C)C)C(=O)N[C@H](C(=O)NCC(N)=O)CSCC(=O)N[C@@H](Cc2ccc(O)cc2)C(=O)N(C)[C@@H](C)C(=O)N[C@@H](CC(N)=O)C(=O)N2CCC[C@H]2C(=O)N[C@@H](Cc2cnc[nH]2)C(=O)N[C@@H](CCC(=O)O)C(=O)N2C[C@H](O)C[C@H]2C(=O)N[C@@H](Cc2csc3ccccc23)C(=O)N[C@@H](CCN)C(=O)N[C@@H](Cc2c[nH]c3ccccc23)C(=O)N1C. The molecular formula is C91H125N21O21S2. The Morgan fingerprint density at radius 2 is 1.15 bits per heavy atom. The number of benzene rings is 3. The highest BCUT2D eigenvalue weighted by atomic mass is 32.2. The number of aromatic hydroxyl groups is 1. The van der Waals surface area contributed by atoms with Gasteiger partial charge in [-0.1, -0.05) is 102 Å². The van der Waals surface area contributed by atoms with Crippen molar-refractivity contribution in [2.24, 2.45) is 23.1 Å². The molecule has 135 heavy (non-hydrogen) atoms. The topological polar surface area (TPSA) is 627 Å². The number of carboxylic acids is 1. The number of fused-ring (bicyclic) bond motifs is 4. The summed E-state index contributed by atoms with van der Waals surface area (Å²) in [6.45, 7) is 6.82.